The van der Waals surface area contributed by atoms with E-state index >= 15 is 0 Å². The molecule has 0 bridgehead atoms. The monoisotopic (exact) mass is 244 g/mol. The van der Waals surface area contributed by atoms with Crippen LogP contribution in [0.4, 0.5) is 5.69 Å². The van der Waals surface area contributed by atoms with Crippen molar-refractivity contribution in [2.24, 2.45) is 0 Å². The Labute approximate surface area is 104 Å². The molecule has 1 amide bonds. The van der Waals surface area contributed by atoms with Gasteiger partial charge in [-0.3, -0.25) is 9.59 Å². The highest BCUT2D eigenvalue weighted by Gasteiger charge is 2.06. The molecule has 0 spiro atoms. The normalized spacial score (nSPS) is 10.1. The SMILES string of the molecule is Cc1cccc(NC(=O)Cn2cc(C=O)nn2)c1. The van der Waals surface area contributed by atoms with Crippen LogP contribution in [-0.2, 0) is 11.3 Å². The zero-order valence-corrected chi connectivity index (χ0v) is 9.83. The summed E-state index contributed by atoms with van der Waals surface area (Å²) in [4.78, 5) is 22.1. The van der Waals surface area contributed by atoms with E-state index in [-0.39, 0.29) is 18.1 Å². The standard InChI is InChI=1S/C12H12N4O2/c1-9-3-2-4-10(5-9)13-12(18)7-16-6-11(8-17)14-15-16/h2-6,8H,7H2,1H3,(H,13,18). The Morgan fingerprint density at radius 1 is 1.50 bits per heavy atom. The van der Waals surface area contributed by atoms with Crippen LogP contribution in [0.25, 0.3) is 0 Å². The lowest BCUT2D eigenvalue weighted by atomic mass is 10.2. The first kappa shape index (κ1) is 12.0. The number of anilines is 1. The van der Waals surface area contributed by atoms with Crippen molar-refractivity contribution in [3.63, 3.8) is 0 Å². The van der Waals surface area contributed by atoms with Crippen molar-refractivity contribution in [2.75, 3.05) is 5.32 Å². The third-order valence-corrected chi connectivity index (χ3v) is 2.28. The molecule has 0 aliphatic rings. The summed E-state index contributed by atoms with van der Waals surface area (Å²) in [6.07, 6.45) is 2.00. The number of carbonyl (C=O) groups excluding carboxylic acids is 2. The number of amides is 1. The second kappa shape index (κ2) is 5.22. The first-order valence-corrected chi connectivity index (χ1v) is 5.39. The fourth-order valence-electron chi connectivity index (χ4n) is 1.52. The Hall–Kier alpha value is -2.50. The zero-order chi connectivity index (χ0) is 13.0. The lowest BCUT2D eigenvalue weighted by Crippen LogP contribution is -2.19. The van der Waals surface area contributed by atoms with Crippen LogP contribution in [-0.4, -0.2) is 27.2 Å². The molecule has 1 heterocycles. The number of hydrogen-bond acceptors (Lipinski definition) is 4. The number of rotatable bonds is 4. The number of carbonyl (C=O) groups is 2. The second-order valence-corrected chi connectivity index (χ2v) is 3.88. The summed E-state index contributed by atoms with van der Waals surface area (Å²) in [6, 6.07) is 7.49. The molecular weight excluding hydrogens is 232 g/mol. The van der Waals surface area contributed by atoms with Crippen LogP contribution < -0.4 is 5.32 Å². The van der Waals surface area contributed by atoms with Gasteiger partial charge < -0.3 is 5.32 Å². The predicted molar refractivity (Wildman–Crippen MR) is 65.2 cm³/mol. The van der Waals surface area contributed by atoms with Crippen LogP contribution in [0, 0.1) is 6.92 Å². The van der Waals surface area contributed by atoms with Crippen molar-refractivity contribution in [3.05, 3.63) is 41.7 Å². The van der Waals surface area contributed by atoms with E-state index in [0.29, 0.717) is 6.29 Å². The average Bonchev–Trinajstić information content (AvgIpc) is 2.76. The summed E-state index contributed by atoms with van der Waals surface area (Å²) < 4.78 is 1.31. The van der Waals surface area contributed by atoms with Gasteiger partial charge in [0, 0.05) is 5.69 Å². The highest BCUT2D eigenvalue weighted by Crippen LogP contribution is 2.09. The molecule has 0 fully saturated rings. The molecular formula is C12H12N4O2. The Kier molecular flexibility index (Phi) is 3.47. The summed E-state index contributed by atoms with van der Waals surface area (Å²) in [5, 5.41) is 9.98. The van der Waals surface area contributed by atoms with Gasteiger partial charge in [-0.25, -0.2) is 4.68 Å². The van der Waals surface area contributed by atoms with E-state index in [1.54, 1.807) is 0 Å². The maximum atomic E-state index is 11.7. The number of nitrogens with one attached hydrogen (secondary N) is 1. The molecule has 0 atom stereocenters. The minimum Gasteiger partial charge on any atom is -0.324 e. The van der Waals surface area contributed by atoms with E-state index < -0.39 is 0 Å². The Balaban J connectivity index is 1.98. The summed E-state index contributed by atoms with van der Waals surface area (Å²) in [5.41, 5.74) is 2.01. The van der Waals surface area contributed by atoms with E-state index in [9.17, 15) is 9.59 Å². The molecule has 1 aromatic carbocycles. The minimum atomic E-state index is -0.219. The number of aldehydes is 1. The number of aromatic nitrogens is 3. The summed E-state index contributed by atoms with van der Waals surface area (Å²) in [5.74, 6) is -0.219. The van der Waals surface area contributed by atoms with Gasteiger partial charge in [-0.2, -0.15) is 0 Å². The lowest BCUT2D eigenvalue weighted by Gasteiger charge is -2.05. The number of benzene rings is 1. The smallest absolute Gasteiger partial charge is 0.246 e. The van der Waals surface area contributed by atoms with Gasteiger partial charge >= 0.3 is 0 Å². The maximum Gasteiger partial charge on any atom is 0.246 e. The molecule has 6 heteroatoms. The summed E-state index contributed by atoms with van der Waals surface area (Å²) in [6.45, 7) is 1.97. The van der Waals surface area contributed by atoms with E-state index in [2.05, 4.69) is 15.6 Å². The lowest BCUT2D eigenvalue weighted by molar-refractivity contribution is -0.116. The number of aryl methyl sites for hydroxylation is 1. The van der Waals surface area contributed by atoms with Crippen LogP contribution >= 0.6 is 0 Å². The third kappa shape index (κ3) is 3.00. The van der Waals surface area contributed by atoms with E-state index in [1.165, 1.54) is 10.9 Å². The molecule has 0 unspecified atom stereocenters. The molecule has 0 saturated carbocycles. The van der Waals surface area contributed by atoms with Crippen molar-refractivity contribution in [1.29, 1.82) is 0 Å². The Morgan fingerprint density at radius 3 is 3.00 bits per heavy atom. The molecule has 0 radical (unpaired) electrons. The molecule has 92 valence electrons. The number of nitrogens with zero attached hydrogens (tertiary/aromatic N) is 3. The largest absolute Gasteiger partial charge is 0.324 e. The molecule has 0 saturated heterocycles. The Bertz CT molecular complexity index is 577. The van der Waals surface area contributed by atoms with E-state index in [1.807, 2.05) is 31.2 Å². The van der Waals surface area contributed by atoms with Crippen LogP contribution in [0.5, 0.6) is 0 Å². The molecule has 1 aromatic heterocycles. The molecule has 2 aromatic rings. The maximum absolute atomic E-state index is 11.7. The van der Waals surface area contributed by atoms with Gasteiger partial charge in [0.15, 0.2) is 6.29 Å². The fraction of sp³-hybridized carbons (Fsp3) is 0.167. The fourth-order valence-corrected chi connectivity index (χ4v) is 1.52. The van der Waals surface area contributed by atoms with Crippen molar-refractivity contribution in [2.45, 2.75) is 13.5 Å². The first-order chi connectivity index (χ1) is 8.67. The Morgan fingerprint density at radius 2 is 2.33 bits per heavy atom. The van der Waals surface area contributed by atoms with Gasteiger partial charge in [-0.05, 0) is 24.6 Å². The van der Waals surface area contributed by atoms with Gasteiger partial charge in [0.2, 0.25) is 5.91 Å². The van der Waals surface area contributed by atoms with Gasteiger partial charge in [0.25, 0.3) is 0 Å². The van der Waals surface area contributed by atoms with Crippen LogP contribution in [0.1, 0.15) is 16.1 Å². The van der Waals surface area contributed by atoms with Crippen LogP contribution in [0.3, 0.4) is 0 Å². The van der Waals surface area contributed by atoms with Gasteiger partial charge in [0.1, 0.15) is 12.2 Å². The highest BCUT2D eigenvalue weighted by molar-refractivity contribution is 5.90. The molecule has 0 aliphatic carbocycles. The topological polar surface area (TPSA) is 76.9 Å². The summed E-state index contributed by atoms with van der Waals surface area (Å²) in [7, 11) is 0. The highest BCUT2D eigenvalue weighted by atomic mass is 16.2. The molecule has 0 aliphatic heterocycles. The van der Waals surface area contributed by atoms with Crippen molar-refractivity contribution in [1.82, 2.24) is 15.0 Å². The minimum absolute atomic E-state index is 0.0226. The van der Waals surface area contributed by atoms with Crippen molar-refractivity contribution >= 4 is 17.9 Å². The third-order valence-electron chi connectivity index (χ3n) is 2.28. The van der Waals surface area contributed by atoms with Gasteiger partial charge in [0.05, 0.1) is 6.20 Å². The quantitative estimate of drug-likeness (QED) is 0.815. The second-order valence-electron chi connectivity index (χ2n) is 3.88. The molecule has 2 rings (SSSR count). The van der Waals surface area contributed by atoms with Crippen molar-refractivity contribution < 1.29 is 9.59 Å². The van der Waals surface area contributed by atoms with E-state index in [4.69, 9.17) is 0 Å². The average molecular weight is 244 g/mol. The molecule has 1 N–H and O–H groups in total. The van der Waals surface area contributed by atoms with Gasteiger partial charge in [-0.15, -0.1) is 5.10 Å². The van der Waals surface area contributed by atoms with E-state index in [0.717, 1.165) is 11.3 Å². The molecule has 18 heavy (non-hydrogen) atoms. The first-order valence-electron chi connectivity index (χ1n) is 5.39. The zero-order valence-electron chi connectivity index (χ0n) is 9.83. The van der Waals surface area contributed by atoms with Crippen LogP contribution in [0.15, 0.2) is 30.5 Å². The predicted octanol–water partition coefficient (Wildman–Crippen LogP) is 1.04. The van der Waals surface area contributed by atoms with Crippen molar-refractivity contribution in [3.8, 4) is 0 Å². The van der Waals surface area contributed by atoms with Gasteiger partial charge in [-0.1, -0.05) is 17.3 Å². The summed E-state index contributed by atoms with van der Waals surface area (Å²) >= 11 is 0. The number of hydrogen-bond donors (Lipinski definition) is 1. The molecule has 6 nitrogen and oxygen atoms in total. The van der Waals surface area contributed by atoms with Crippen LogP contribution in [0.2, 0.25) is 0 Å².